The second-order valence-corrected chi connectivity index (χ2v) is 2.66. The number of aliphatic hydroxyl groups excluding tert-OH is 1. The van der Waals surface area contributed by atoms with E-state index in [4.69, 9.17) is 10.2 Å². The van der Waals surface area contributed by atoms with Gasteiger partial charge in [-0.2, -0.15) is 0 Å². The zero-order valence-electron chi connectivity index (χ0n) is 6.70. The summed E-state index contributed by atoms with van der Waals surface area (Å²) >= 11 is 0. The van der Waals surface area contributed by atoms with E-state index in [2.05, 4.69) is 0 Å². The molecule has 0 unspecified atom stereocenters. The molecule has 0 fully saturated rings. The van der Waals surface area contributed by atoms with E-state index in [0.717, 1.165) is 11.1 Å². The molecular formula is C9H12O2. The number of aliphatic hydroxyl groups is 2. The van der Waals surface area contributed by atoms with Crippen molar-refractivity contribution in [1.29, 1.82) is 0 Å². The Hall–Kier alpha value is -0.860. The molecule has 0 aliphatic rings. The highest BCUT2D eigenvalue weighted by atomic mass is 16.5. The summed E-state index contributed by atoms with van der Waals surface area (Å²) in [7, 11) is 0. The summed E-state index contributed by atoms with van der Waals surface area (Å²) in [6.45, 7) is 3.82. The summed E-state index contributed by atoms with van der Waals surface area (Å²) < 4.78 is 0. The van der Waals surface area contributed by atoms with Gasteiger partial charge >= 0.3 is 0 Å². The number of rotatable bonds is 1. The van der Waals surface area contributed by atoms with Gasteiger partial charge in [-0.25, -0.2) is 0 Å². The van der Waals surface area contributed by atoms with Gasteiger partial charge in [0.2, 0.25) is 0 Å². The molecule has 0 aliphatic carbocycles. The minimum atomic E-state index is -1.35. The summed E-state index contributed by atoms with van der Waals surface area (Å²) in [5.41, 5.74) is 2.61. The minimum absolute atomic E-state index is 0.588. The maximum absolute atomic E-state index is 8.88. The van der Waals surface area contributed by atoms with Crippen LogP contribution in [0.4, 0.5) is 0 Å². The summed E-state index contributed by atoms with van der Waals surface area (Å²) in [4.78, 5) is 0. The first-order valence-electron chi connectivity index (χ1n) is 3.55. The summed E-state index contributed by atoms with van der Waals surface area (Å²) in [6, 6.07) is 5.48. The Bertz CT molecular complexity index is 254. The summed E-state index contributed by atoms with van der Waals surface area (Å²) in [5.74, 6) is 0. The van der Waals surface area contributed by atoms with Gasteiger partial charge < -0.3 is 10.2 Å². The van der Waals surface area contributed by atoms with Crippen molar-refractivity contribution in [3.8, 4) is 0 Å². The van der Waals surface area contributed by atoms with Gasteiger partial charge in [-0.05, 0) is 25.0 Å². The molecule has 2 heteroatoms. The average Bonchev–Trinajstić information content (AvgIpc) is 1.94. The SMILES string of the molecule is Cc1cccc(C(O)O)c1C. The molecule has 0 saturated heterocycles. The van der Waals surface area contributed by atoms with Gasteiger partial charge in [0, 0.05) is 5.56 Å². The molecule has 1 rings (SSSR count). The van der Waals surface area contributed by atoms with Crippen LogP contribution in [0.1, 0.15) is 23.0 Å². The molecule has 60 valence electrons. The van der Waals surface area contributed by atoms with E-state index < -0.39 is 6.29 Å². The van der Waals surface area contributed by atoms with Crippen LogP contribution >= 0.6 is 0 Å². The molecule has 2 N–H and O–H groups in total. The number of hydrogen-bond acceptors (Lipinski definition) is 2. The van der Waals surface area contributed by atoms with Gasteiger partial charge in [-0.1, -0.05) is 18.2 Å². The van der Waals surface area contributed by atoms with E-state index >= 15 is 0 Å². The van der Waals surface area contributed by atoms with Crippen LogP contribution in [0.15, 0.2) is 18.2 Å². The first-order chi connectivity index (χ1) is 5.13. The molecule has 0 aliphatic heterocycles. The van der Waals surface area contributed by atoms with Gasteiger partial charge in [-0.15, -0.1) is 0 Å². The van der Waals surface area contributed by atoms with Gasteiger partial charge in [0.15, 0.2) is 6.29 Å². The van der Waals surface area contributed by atoms with Crippen LogP contribution < -0.4 is 0 Å². The number of hydrogen-bond donors (Lipinski definition) is 2. The van der Waals surface area contributed by atoms with Crippen LogP contribution in [0.2, 0.25) is 0 Å². The normalized spacial score (nSPS) is 10.6. The molecule has 0 amide bonds. The zero-order valence-corrected chi connectivity index (χ0v) is 6.70. The molecule has 1 aromatic carbocycles. The van der Waals surface area contributed by atoms with E-state index in [1.807, 2.05) is 26.0 Å². The average molecular weight is 152 g/mol. The van der Waals surface area contributed by atoms with Crippen molar-refractivity contribution in [2.75, 3.05) is 0 Å². The van der Waals surface area contributed by atoms with Crippen molar-refractivity contribution in [3.63, 3.8) is 0 Å². The molecule has 0 atom stereocenters. The van der Waals surface area contributed by atoms with Crippen molar-refractivity contribution in [2.24, 2.45) is 0 Å². The lowest BCUT2D eigenvalue weighted by Gasteiger charge is -2.09. The highest BCUT2D eigenvalue weighted by Crippen LogP contribution is 2.17. The lowest BCUT2D eigenvalue weighted by molar-refractivity contribution is -0.0429. The Labute approximate surface area is 66.1 Å². The van der Waals surface area contributed by atoms with Crippen molar-refractivity contribution < 1.29 is 10.2 Å². The van der Waals surface area contributed by atoms with Gasteiger partial charge in [0.25, 0.3) is 0 Å². The van der Waals surface area contributed by atoms with E-state index in [1.165, 1.54) is 0 Å². The third kappa shape index (κ3) is 1.59. The molecule has 0 radical (unpaired) electrons. The first kappa shape index (κ1) is 8.24. The standard InChI is InChI=1S/C9H12O2/c1-6-4-3-5-8(7(6)2)9(10)11/h3-5,9-11H,1-2H3. The van der Waals surface area contributed by atoms with E-state index in [-0.39, 0.29) is 0 Å². The fourth-order valence-electron chi connectivity index (χ4n) is 1.05. The smallest absolute Gasteiger partial charge is 0.178 e. The van der Waals surface area contributed by atoms with Crippen LogP contribution in [0.3, 0.4) is 0 Å². The van der Waals surface area contributed by atoms with Crippen LogP contribution in [0.5, 0.6) is 0 Å². The second-order valence-electron chi connectivity index (χ2n) is 2.66. The topological polar surface area (TPSA) is 40.5 Å². The number of aryl methyl sites for hydroxylation is 1. The third-order valence-electron chi connectivity index (χ3n) is 1.92. The molecule has 0 bridgehead atoms. The Balaban J connectivity index is 3.17. The third-order valence-corrected chi connectivity index (χ3v) is 1.92. The van der Waals surface area contributed by atoms with E-state index in [1.54, 1.807) is 6.07 Å². The van der Waals surface area contributed by atoms with Crippen molar-refractivity contribution >= 4 is 0 Å². The molecule has 11 heavy (non-hydrogen) atoms. The lowest BCUT2D eigenvalue weighted by Crippen LogP contribution is -1.98. The van der Waals surface area contributed by atoms with Crippen LogP contribution in [-0.2, 0) is 0 Å². The van der Waals surface area contributed by atoms with Crippen molar-refractivity contribution in [3.05, 3.63) is 34.9 Å². The Morgan fingerprint density at radius 3 is 2.27 bits per heavy atom. The largest absolute Gasteiger partial charge is 0.364 e. The van der Waals surface area contributed by atoms with Gasteiger partial charge in [0.05, 0.1) is 0 Å². The molecular weight excluding hydrogens is 140 g/mol. The van der Waals surface area contributed by atoms with Gasteiger partial charge in [-0.3, -0.25) is 0 Å². The molecule has 0 aromatic heterocycles. The molecule has 2 nitrogen and oxygen atoms in total. The highest BCUT2D eigenvalue weighted by Gasteiger charge is 2.06. The predicted octanol–water partition coefficient (Wildman–Crippen LogP) is 1.29. The monoisotopic (exact) mass is 152 g/mol. The fraction of sp³-hybridized carbons (Fsp3) is 0.333. The zero-order chi connectivity index (χ0) is 8.43. The summed E-state index contributed by atoms with van der Waals surface area (Å²) in [6.07, 6.45) is -1.35. The van der Waals surface area contributed by atoms with E-state index in [9.17, 15) is 0 Å². The molecule has 0 heterocycles. The van der Waals surface area contributed by atoms with Crippen LogP contribution in [0, 0.1) is 13.8 Å². The minimum Gasteiger partial charge on any atom is -0.364 e. The molecule has 0 spiro atoms. The quantitative estimate of drug-likeness (QED) is 0.595. The summed E-state index contributed by atoms with van der Waals surface area (Å²) in [5, 5.41) is 17.8. The molecule has 0 saturated carbocycles. The van der Waals surface area contributed by atoms with Gasteiger partial charge in [0.1, 0.15) is 0 Å². The molecule has 1 aromatic rings. The first-order valence-corrected chi connectivity index (χ1v) is 3.55. The van der Waals surface area contributed by atoms with Crippen LogP contribution in [0.25, 0.3) is 0 Å². The maximum Gasteiger partial charge on any atom is 0.178 e. The highest BCUT2D eigenvalue weighted by molar-refractivity contribution is 5.33. The Morgan fingerprint density at radius 1 is 1.18 bits per heavy atom. The predicted molar refractivity (Wildman–Crippen MR) is 43.1 cm³/mol. The number of benzene rings is 1. The van der Waals surface area contributed by atoms with Crippen molar-refractivity contribution in [1.82, 2.24) is 0 Å². The van der Waals surface area contributed by atoms with Crippen LogP contribution in [-0.4, -0.2) is 10.2 Å². The Kier molecular flexibility index (Phi) is 2.27. The Morgan fingerprint density at radius 2 is 1.82 bits per heavy atom. The van der Waals surface area contributed by atoms with E-state index in [0.29, 0.717) is 5.56 Å². The van der Waals surface area contributed by atoms with Crippen molar-refractivity contribution in [2.45, 2.75) is 20.1 Å². The fourth-order valence-corrected chi connectivity index (χ4v) is 1.05. The maximum atomic E-state index is 8.88. The second kappa shape index (κ2) is 3.03. The lowest BCUT2D eigenvalue weighted by atomic mass is 10.0.